The van der Waals surface area contributed by atoms with Crippen molar-refractivity contribution < 1.29 is 0 Å². The molecule has 1 aromatic carbocycles. The van der Waals surface area contributed by atoms with Gasteiger partial charge in [-0.2, -0.15) is 0 Å². The molecule has 0 heterocycles. The molecule has 16 heavy (non-hydrogen) atoms. The summed E-state index contributed by atoms with van der Waals surface area (Å²) in [6.45, 7) is 4.49. The minimum atomic E-state index is 0.245. The van der Waals surface area contributed by atoms with Gasteiger partial charge >= 0.3 is 0 Å². The van der Waals surface area contributed by atoms with E-state index in [1.165, 1.54) is 31.2 Å². The second-order valence-electron chi connectivity index (χ2n) is 5.50. The predicted molar refractivity (Wildman–Crippen MR) is 69.4 cm³/mol. The van der Waals surface area contributed by atoms with Crippen LogP contribution in [-0.4, -0.2) is 6.04 Å². The van der Waals surface area contributed by atoms with Crippen molar-refractivity contribution >= 4 is 0 Å². The van der Waals surface area contributed by atoms with E-state index in [2.05, 4.69) is 44.2 Å². The quantitative estimate of drug-likeness (QED) is 0.824. The van der Waals surface area contributed by atoms with Gasteiger partial charge in [-0.1, -0.05) is 57.0 Å². The molecule has 0 radical (unpaired) electrons. The van der Waals surface area contributed by atoms with Crippen molar-refractivity contribution in [2.75, 3.05) is 0 Å². The van der Waals surface area contributed by atoms with E-state index in [9.17, 15) is 0 Å². The summed E-state index contributed by atoms with van der Waals surface area (Å²) in [4.78, 5) is 0. The summed E-state index contributed by atoms with van der Waals surface area (Å²) >= 11 is 0. The van der Waals surface area contributed by atoms with Crippen LogP contribution in [0.15, 0.2) is 30.3 Å². The zero-order chi connectivity index (χ0) is 11.6. The molecule has 1 unspecified atom stereocenters. The molecule has 0 aromatic heterocycles. The predicted octanol–water partition coefficient (Wildman–Crippen LogP) is 3.48. The van der Waals surface area contributed by atoms with Gasteiger partial charge in [0.2, 0.25) is 0 Å². The zero-order valence-corrected chi connectivity index (χ0v) is 10.4. The fourth-order valence-electron chi connectivity index (χ4n) is 3.23. The van der Waals surface area contributed by atoms with Gasteiger partial charge in [0.15, 0.2) is 0 Å². The van der Waals surface area contributed by atoms with Crippen LogP contribution in [0.5, 0.6) is 0 Å². The lowest BCUT2D eigenvalue weighted by Gasteiger charge is -2.38. The van der Waals surface area contributed by atoms with E-state index in [0.29, 0.717) is 5.92 Å². The number of hydrogen-bond donors (Lipinski definition) is 1. The summed E-state index contributed by atoms with van der Waals surface area (Å²) in [5.41, 5.74) is 8.19. The standard InChI is InChI=1S/C15H23N/c1-12(2)14(16)15(10-6-7-11-15)13-8-4-3-5-9-13/h3-5,8-9,12,14H,6-7,10-11,16H2,1-2H3. The highest BCUT2D eigenvalue weighted by Gasteiger charge is 2.41. The average Bonchev–Trinajstić information content (AvgIpc) is 2.79. The maximum atomic E-state index is 6.49. The van der Waals surface area contributed by atoms with Crippen LogP contribution >= 0.6 is 0 Å². The van der Waals surface area contributed by atoms with Gasteiger partial charge in [-0.3, -0.25) is 0 Å². The van der Waals surface area contributed by atoms with Crippen LogP contribution in [0, 0.1) is 5.92 Å². The molecule has 1 nitrogen and oxygen atoms in total. The Bertz CT molecular complexity index is 323. The largest absolute Gasteiger partial charge is 0.327 e. The molecule has 0 saturated heterocycles. The number of hydrogen-bond acceptors (Lipinski definition) is 1. The van der Waals surface area contributed by atoms with Crippen molar-refractivity contribution in [2.45, 2.75) is 51.0 Å². The van der Waals surface area contributed by atoms with Crippen molar-refractivity contribution in [3.05, 3.63) is 35.9 Å². The average molecular weight is 217 g/mol. The summed E-state index contributed by atoms with van der Waals surface area (Å²) in [6, 6.07) is 11.2. The van der Waals surface area contributed by atoms with Gasteiger partial charge < -0.3 is 5.73 Å². The van der Waals surface area contributed by atoms with E-state index in [4.69, 9.17) is 5.73 Å². The molecule has 0 amide bonds. The lowest BCUT2D eigenvalue weighted by atomic mass is 9.69. The van der Waals surface area contributed by atoms with Crippen LogP contribution < -0.4 is 5.73 Å². The maximum absolute atomic E-state index is 6.49. The van der Waals surface area contributed by atoms with Gasteiger partial charge in [-0.25, -0.2) is 0 Å². The van der Waals surface area contributed by atoms with Gasteiger partial charge in [0.25, 0.3) is 0 Å². The van der Waals surface area contributed by atoms with E-state index in [1.54, 1.807) is 0 Å². The van der Waals surface area contributed by atoms with E-state index in [-0.39, 0.29) is 11.5 Å². The molecule has 1 heteroatoms. The fraction of sp³-hybridized carbons (Fsp3) is 0.600. The van der Waals surface area contributed by atoms with Crippen molar-refractivity contribution in [3.8, 4) is 0 Å². The molecule has 1 saturated carbocycles. The van der Waals surface area contributed by atoms with Crippen molar-refractivity contribution in [2.24, 2.45) is 11.7 Å². The second kappa shape index (κ2) is 4.58. The van der Waals surface area contributed by atoms with E-state index in [1.807, 2.05) is 0 Å². The van der Waals surface area contributed by atoms with Crippen molar-refractivity contribution in [1.29, 1.82) is 0 Å². The van der Waals surface area contributed by atoms with Crippen LogP contribution in [0.4, 0.5) is 0 Å². The molecule has 0 spiro atoms. The van der Waals surface area contributed by atoms with Crippen molar-refractivity contribution in [3.63, 3.8) is 0 Å². The third-order valence-electron chi connectivity index (χ3n) is 4.20. The van der Waals surface area contributed by atoms with Gasteiger partial charge in [-0.05, 0) is 24.3 Å². The Kier molecular flexibility index (Phi) is 3.34. The van der Waals surface area contributed by atoms with Crippen LogP contribution in [0.3, 0.4) is 0 Å². The molecule has 1 atom stereocenters. The third kappa shape index (κ3) is 1.89. The second-order valence-corrected chi connectivity index (χ2v) is 5.50. The van der Waals surface area contributed by atoms with Crippen LogP contribution in [0.25, 0.3) is 0 Å². The normalized spacial score (nSPS) is 21.2. The topological polar surface area (TPSA) is 26.0 Å². The Balaban J connectivity index is 2.36. The first-order valence-electron chi connectivity index (χ1n) is 6.48. The molecule has 1 aliphatic carbocycles. The Morgan fingerprint density at radius 1 is 1.06 bits per heavy atom. The first-order chi connectivity index (χ1) is 7.67. The molecule has 1 fully saturated rings. The molecular formula is C15H23N. The van der Waals surface area contributed by atoms with Crippen molar-refractivity contribution in [1.82, 2.24) is 0 Å². The Labute approximate surface area is 99.0 Å². The number of benzene rings is 1. The lowest BCUT2D eigenvalue weighted by molar-refractivity contribution is 0.286. The monoisotopic (exact) mass is 217 g/mol. The molecule has 2 rings (SSSR count). The SMILES string of the molecule is CC(C)C(N)C1(c2ccccc2)CCCC1. The molecule has 1 aromatic rings. The summed E-state index contributed by atoms with van der Waals surface area (Å²) in [6.07, 6.45) is 5.18. The van der Waals surface area contributed by atoms with Gasteiger partial charge in [0.1, 0.15) is 0 Å². The fourth-order valence-corrected chi connectivity index (χ4v) is 3.23. The van der Waals surface area contributed by atoms with Crippen LogP contribution in [-0.2, 0) is 5.41 Å². The minimum absolute atomic E-state index is 0.245. The molecule has 2 N–H and O–H groups in total. The Hall–Kier alpha value is -0.820. The minimum Gasteiger partial charge on any atom is -0.327 e. The van der Waals surface area contributed by atoms with Crippen LogP contribution in [0.1, 0.15) is 45.1 Å². The van der Waals surface area contributed by atoms with Crippen LogP contribution in [0.2, 0.25) is 0 Å². The molecule has 88 valence electrons. The molecule has 1 aliphatic rings. The zero-order valence-electron chi connectivity index (χ0n) is 10.4. The first-order valence-corrected chi connectivity index (χ1v) is 6.48. The number of rotatable bonds is 3. The Morgan fingerprint density at radius 2 is 1.62 bits per heavy atom. The highest BCUT2D eigenvalue weighted by molar-refractivity contribution is 5.29. The summed E-state index contributed by atoms with van der Waals surface area (Å²) < 4.78 is 0. The van der Waals surface area contributed by atoms with E-state index < -0.39 is 0 Å². The molecule has 0 aliphatic heterocycles. The van der Waals surface area contributed by atoms with Gasteiger partial charge in [0.05, 0.1) is 0 Å². The maximum Gasteiger partial charge on any atom is 0.0160 e. The smallest absolute Gasteiger partial charge is 0.0160 e. The van der Waals surface area contributed by atoms with E-state index in [0.717, 1.165) is 0 Å². The summed E-state index contributed by atoms with van der Waals surface area (Å²) in [5.74, 6) is 0.554. The Morgan fingerprint density at radius 3 is 2.12 bits per heavy atom. The third-order valence-corrected chi connectivity index (χ3v) is 4.20. The molecular weight excluding hydrogens is 194 g/mol. The highest BCUT2D eigenvalue weighted by Crippen LogP contribution is 2.44. The number of nitrogens with two attached hydrogens (primary N) is 1. The van der Waals surface area contributed by atoms with Gasteiger partial charge in [0, 0.05) is 11.5 Å². The highest BCUT2D eigenvalue weighted by atomic mass is 14.7. The molecule has 0 bridgehead atoms. The summed E-state index contributed by atoms with van der Waals surface area (Å²) in [5, 5.41) is 0. The summed E-state index contributed by atoms with van der Waals surface area (Å²) in [7, 11) is 0. The lowest BCUT2D eigenvalue weighted by Crippen LogP contribution is -2.46. The van der Waals surface area contributed by atoms with E-state index >= 15 is 0 Å². The van der Waals surface area contributed by atoms with Gasteiger partial charge in [-0.15, -0.1) is 0 Å². The first kappa shape index (κ1) is 11.7.